The molecule has 0 radical (unpaired) electrons. The molecule has 3 aliphatic rings. The lowest BCUT2D eigenvalue weighted by Gasteiger charge is -2.23. The van der Waals surface area contributed by atoms with Crippen LogP contribution in [0.5, 0.6) is 11.5 Å². The van der Waals surface area contributed by atoms with E-state index in [4.69, 9.17) is 19.9 Å². The molecule has 7 nitrogen and oxygen atoms in total. The molecule has 3 N–H and O–H groups in total. The Kier molecular flexibility index (Phi) is 3.33. The first kappa shape index (κ1) is 16.8. The van der Waals surface area contributed by atoms with Gasteiger partial charge >= 0.3 is 5.91 Å². The van der Waals surface area contributed by atoms with Crippen LogP contribution in [-0.4, -0.2) is 25.0 Å². The zero-order chi connectivity index (χ0) is 19.4. The molecule has 5 rings (SSSR count). The van der Waals surface area contributed by atoms with E-state index in [2.05, 4.69) is 17.1 Å². The van der Waals surface area contributed by atoms with Crippen molar-refractivity contribution in [1.29, 1.82) is 10.5 Å². The van der Waals surface area contributed by atoms with Gasteiger partial charge in [0.2, 0.25) is 0 Å². The van der Waals surface area contributed by atoms with Crippen molar-refractivity contribution < 1.29 is 19.2 Å². The largest absolute Gasteiger partial charge is 0.457 e. The van der Waals surface area contributed by atoms with Crippen LogP contribution >= 0.6 is 0 Å². The number of amidine groups is 1. The number of nitrogens with two attached hydrogens (primary N) is 1. The Morgan fingerprint density at radius 3 is 2.39 bits per heavy atom. The van der Waals surface area contributed by atoms with Gasteiger partial charge in [0.05, 0.1) is 25.4 Å². The summed E-state index contributed by atoms with van der Waals surface area (Å²) >= 11 is 0. The Morgan fingerprint density at radius 2 is 1.71 bits per heavy atom. The Bertz CT molecular complexity index is 1070. The van der Waals surface area contributed by atoms with Gasteiger partial charge in [0.15, 0.2) is 10.8 Å². The van der Waals surface area contributed by atoms with Crippen LogP contribution in [-0.2, 0) is 9.47 Å². The molecule has 2 fully saturated rings. The summed E-state index contributed by atoms with van der Waals surface area (Å²) in [6, 6.07) is 21.4. The van der Waals surface area contributed by atoms with Gasteiger partial charge in [-0.15, -0.1) is 0 Å². The smallest absolute Gasteiger partial charge is 0.343 e. The number of fused-ring (bicyclic) bond motifs is 2. The van der Waals surface area contributed by atoms with Crippen molar-refractivity contribution in [1.82, 2.24) is 0 Å². The SMILES string of the molecule is N#C[C@@]12C(N)=[NH+]C3(OCCO3)[C@]1(C#N)[C@@H]2c1cccc(Oc2ccccc2)c1. The Balaban J connectivity index is 1.58. The van der Waals surface area contributed by atoms with Gasteiger partial charge in [0.1, 0.15) is 11.5 Å². The number of benzene rings is 2. The standard InChI is InChI=1S/C21H16N4O3/c22-12-19-17(20(19,13-23)21(25-18(19)24)26-9-10-27-21)14-5-4-8-16(11-14)28-15-6-2-1-3-7-15/h1-8,11,17H,9-10H2,(H2,24,25)/p+1/t17-,19-,20-/m1/s1. The lowest BCUT2D eigenvalue weighted by atomic mass is 9.94. The lowest BCUT2D eigenvalue weighted by molar-refractivity contribution is -0.676. The van der Waals surface area contributed by atoms with Crippen LogP contribution in [0.4, 0.5) is 0 Å². The molecular formula is C21H17N4O3+. The number of nitrogens with one attached hydrogen (secondary N) is 1. The van der Waals surface area contributed by atoms with Crippen LogP contribution in [0.15, 0.2) is 54.6 Å². The summed E-state index contributed by atoms with van der Waals surface area (Å²) in [5, 5.41) is 20.2. The third-order valence-corrected chi connectivity index (χ3v) is 5.86. The number of hydrogen-bond donors (Lipinski definition) is 2. The van der Waals surface area contributed by atoms with Crippen molar-refractivity contribution >= 4 is 5.84 Å². The van der Waals surface area contributed by atoms with Gasteiger partial charge in [-0.25, -0.2) is 4.99 Å². The van der Waals surface area contributed by atoms with Gasteiger partial charge in [-0.1, -0.05) is 30.3 Å². The van der Waals surface area contributed by atoms with Crippen LogP contribution in [0.3, 0.4) is 0 Å². The lowest BCUT2D eigenvalue weighted by Crippen LogP contribution is -2.89. The Hall–Kier alpha value is -3.39. The maximum absolute atomic E-state index is 10.1. The molecule has 138 valence electrons. The average Bonchev–Trinajstić information content (AvgIpc) is 2.98. The van der Waals surface area contributed by atoms with E-state index in [1.807, 2.05) is 54.6 Å². The van der Waals surface area contributed by atoms with Gasteiger partial charge in [0, 0.05) is 5.92 Å². The second-order valence-corrected chi connectivity index (χ2v) is 7.11. The average molecular weight is 373 g/mol. The van der Waals surface area contributed by atoms with E-state index in [-0.39, 0.29) is 5.84 Å². The first-order valence-corrected chi connectivity index (χ1v) is 8.98. The maximum Gasteiger partial charge on any atom is 0.343 e. The molecule has 0 aromatic heterocycles. The maximum atomic E-state index is 10.1. The van der Waals surface area contributed by atoms with E-state index >= 15 is 0 Å². The van der Waals surface area contributed by atoms with Crippen LogP contribution < -0.4 is 15.5 Å². The van der Waals surface area contributed by atoms with Crippen molar-refractivity contribution in [2.45, 2.75) is 11.8 Å². The highest BCUT2D eigenvalue weighted by Crippen LogP contribution is 2.79. The van der Waals surface area contributed by atoms with E-state index in [0.717, 1.165) is 5.56 Å². The van der Waals surface area contributed by atoms with Crippen molar-refractivity contribution in [3.63, 3.8) is 0 Å². The molecule has 1 spiro atoms. The van der Waals surface area contributed by atoms with E-state index in [0.29, 0.717) is 24.7 Å². The summed E-state index contributed by atoms with van der Waals surface area (Å²) in [5.41, 5.74) is 4.50. The van der Waals surface area contributed by atoms with E-state index in [9.17, 15) is 10.5 Å². The Morgan fingerprint density at radius 1 is 1.00 bits per heavy atom. The fourth-order valence-corrected chi connectivity index (χ4v) is 4.70. The van der Waals surface area contributed by atoms with E-state index in [1.54, 1.807) is 0 Å². The normalized spacial score (nSPS) is 31.5. The third-order valence-electron chi connectivity index (χ3n) is 5.86. The predicted molar refractivity (Wildman–Crippen MR) is 96.6 cm³/mol. The molecule has 0 bridgehead atoms. The summed E-state index contributed by atoms with van der Waals surface area (Å²) in [4.78, 5) is 2.94. The van der Waals surface area contributed by atoms with Crippen molar-refractivity contribution in [2.24, 2.45) is 16.6 Å². The molecule has 2 heterocycles. The van der Waals surface area contributed by atoms with Gasteiger partial charge in [-0.3, -0.25) is 5.73 Å². The van der Waals surface area contributed by atoms with Gasteiger partial charge < -0.3 is 14.2 Å². The highest BCUT2D eigenvalue weighted by Gasteiger charge is 2.97. The summed E-state index contributed by atoms with van der Waals surface area (Å²) < 4.78 is 17.5. The quantitative estimate of drug-likeness (QED) is 0.820. The van der Waals surface area contributed by atoms with Gasteiger partial charge in [-0.2, -0.15) is 10.5 Å². The monoisotopic (exact) mass is 373 g/mol. The van der Waals surface area contributed by atoms with Crippen LogP contribution in [0.25, 0.3) is 0 Å². The number of rotatable bonds is 3. The number of hydrogen-bond acceptors (Lipinski definition) is 6. The molecule has 1 saturated heterocycles. The summed E-state index contributed by atoms with van der Waals surface area (Å²) in [6.07, 6.45) is 0. The second kappa shape index (κ2) is 5.56. The zero-order valence-corrected chi connectivity index (χ0v) is 14.9. The molecule has 3 atom stereocenters. The highest BCUT2D eigenvalue weighted by molar-refractivity contribution is 5.95. The number of nitrogens with zero attached hydrogens (tertiary/aromatic N) is 2. The minimum Gasteiger partial charge on any atom is -0.457 e. The molecule has 1 saturated carbocycles. The zero-order valence-electron chi connectivity index (χ0n) is 14.9. The minimum absolute atomic E-state index is 0.206. The molecule has 0 amide bonds. The topological polar surface area (TPSA) is 115 Å². The van der Waals surface area contributed by atoms with Gasteiger partial charge in [-0.05, 0) is 29.8 Å². The summed E-state index contributed by atoms with van der Waals surface area (Å²) in [5.74, 6) is -0.370. The van der Waals surface area contributed by atoms with Crippen molar-refractivity contribution in [3.8, 4) is 23.6 Å². The van der Waals surface area contributed by atoms with Gasteiger partial charge in [0.25, 0.3) is 5.84 Å². The molecule has 0 unspecified atom stereocenters. The van der Waals surface area contributed by atoms with Crippen LogP contribution in [0.2, 0.25) is 0 Å². The molecular weight excluding hydrogens is 356 g/mol. The first-order valence-electron chi connectivity index (χ1n) is 8.98. The predicted octanol–water partition coefficient (Wildman–Crippen LogP) is 0.748. The molecule has 2 aromatic rings. The number of ether oxygens (including phenoxy) is 3. The highest BCUT2D eigenvalue weighted by atomic mass is 16.8. The Labute approximate surface area is 161 Å². The number of nitriles is 2. The molecule has 7 heteroatoms. The van der Waals surface area contributed by atoms with Crippen molar-refractivity contribution in [2.75, 3.05) is 13.2 Å². The van der Waals surface area contributed by atoms with Crippen LogP contribution in [0.1, 0.15) is 11.5 Å². The molecule has 2 aromatic carbocycles. The first-order chi connectivity index (χ1) is 13.6. The fourth-order valence-electron chi connectivity index (χ4n) is 4.70. The summed E-state index contributed by atoms with van der Waals surface area (Å²) in [7, 11) is 0. The minimum atomic E-state index is -1.40. The van der Waals surface area contributed by atoms with Crippen LogP contribution in [0, 0.1) is 33.5 Å². The van der Waals surface area contributed by atoms with E-state index in [1.165, 1.54) is 0 Å². The number of para-hydroxylation sites is 1. The second-order valence-electron chi connectivity index (χ2n) is 7.11. The van der Waals surface area contributed by atoms with Crippen molar-refractivity contribution in [3.05, 3.63) is 60.2 Å². The molecule has 2 aliphatic heterocycles. The molecule has 28 heavy (non-hydrogen) atoms. The summed E-state index contributed by atoms with van der Waals surface area (Å²) in [6.45, 7) is 0.657. The fraction of sp³-hybridized carbons (Fsp3) is 0.286. The van der Waals surface area contributed by atoms with E-state index < -0.39 is 22.7 Å². The molecule has 1 aliphatic carbocycles. The third kappa shape index (κ3) is 1.80.